The minimum atomic E-state index is -1.63. The molecule has 0 N–H and O–H groups in total. The standard InChI is InChI=1S/C9H8F4N3/c10-5-7(16-3-1-14-2-4-16)6(11)9(13)15-8(5)12/h1-4H2. The molecule has 0 atom stereocenters. The molecule has 3 nitrogen and oxygen atoms in total. The molecule has 1 radical (unpaired) electrons. The van der Waals surface area contributed by atoms with Crippen LogP contribution in [0.2, 0.25) is 0 Å². The summed E-state index contributed by atoms with van der Waals surface area (Å²) in [5.41, 5.74) is -0.695. The van der Waals surface area contributed by atoms with Gasteiger partial charge in [-0.15, -0.1) is 0 Å². The van der Waals surface area contributed by atoms with Gasteiger partial charge in [0.05, 0.1) is 0 Å². The summed E-state index contributed by atoms with van der Waals surface area (Å²) in [6, 6.07) is 0. The smallest absolute Gasteiger partial charge is 0.253 e. The summed E-state index contributed by atoms with van der Waals surface area (Å²) in [5.74, 6) is -6.17. The van der Waals surface area contributed by atoms with Crippen molar-refractivity contribution in [1.82, 2.24) is 10.3 Å². The SMILES string of the molecule is Fc1nc(F)c(F)c(N2CC[N]CC2)c1F. The van der Waals surface area contributed by atoms with Crippen molar-refractivity contribution in [3.8, 4) is 0 Å². The molecule has 1 aliphatic heterocycles. The Hall–Kier alpha value is -1.37. The lowest BCUT2D eigenvalue weighted by Gasteiger charge is -2.28. The number of pyridine rings is 1. The average molecular weight is 234 g/mol. The molecule has 1 aromatic heterocycles. The highest BCUT2D eigenvalue weighted by Gasteiger charge is 2.26. The molecule has 0 spiro atoms. The summed E-state index contributed by atoms with van der Waals surface area (Å²) in [7, 11) is 0. The summed E-state index contributed by atoms with van der Waals surface area (Å²) in [5, 5.41) is 3.97. The number of rotatable bonds is 1. The molecule has 2 rings (SSSR count). The van der Waals surface area contributed by atoms with Gasteiger partial charge >= 0.3 is 0 Å². The highest BCUT2D eigenvalue weighted by atomic mass is 19.2. The van der Waals surface area contributed by atoms with Crippen LogP contribution in [0.15, 0.2) is 0 Å². The van der Waals surface area contributed by atoms with Crippen LogP contribution in [-0.4, -0.2) is 31.2 Å². The zero-order valence-corrected chi connectivity index (χ0v) is 8.18. The van der Waals surface area contributed by atoms with E-state index in [9.17, 15) is 17.6 Å². The zero-order chi connectivity index (χ0) is 11.7. The quantitative estimate of drug-likeness (QED) is 0.537. The third-order valence-electron chi connectivity index (χ3n) is 2.35. The van der Waals surface area contributed by atoms with Crippen molar-refractivity contribution < 1.29 is 17.6 Å². The van der Waals surface area contributed by atoms with Gasteiger partial charge in [-0.25, -0.2) is 5.32 Å². The van der Waals surface area contributed by atoms with Gasteiger partial charge in [0, 0.05) is 26.2 Å². The Labute approximate surface area is 89.1 Å². The molecule has 1 fully saturated rings. The fourth-order valence-corrected chi connectivity index (χ4v) is 1.58. The maximum Gasteiger partial charge on any atom is 0.253 e. The van der Waals surface area contributed by atoms with Crippen molar-refractivity contribution in [2.24, 2.45) is 0 Å². The van der Waals surface area contributed by atoms with Crippen molar-refractivity contribution in [2.45, 2.75) is 0 Å². The van der Waals surface area contributed by atoms with Crippen LogP contribution in [0.3, 0.4) is 0 Å². The molecule has 0 aliphatic carbocycles. The Bertz CT molecular complexity index is 378. The van der Waals surface area contributed by atoms with E-state index in [4.69, 9.17) is 0 Å². The van der Waals surface area contributed by atoms with Gasteiger partial charge in [-0.1, -0.05) is 0 Å². The fourth-order valence-electron chi connectivity index (χ4n) is 1.58. The summed E-state index contributed by atoms with van der Waals surface area (Å²) in [6.07, 6.45) is 0. The van der Waals surface area contributed by atoms with Gasteiger partial charge in [0.25, 0.3) is 11.9 Å². The molecule has 87 valence electrons. The molecule has 0 amide bonds. The predicted molar refractivity (Wildman–Crippen MR) is 48.2 cm³/mol. The molecule has 1 saturated heterocycles. The van der Waals surface area contributed by atoms with E-state index in [1.807, 2.05) is 0 Å². The summed E-state index contributed by atoms with van der Waals surface area (Å²) in [4.78, 5) is 3.72. The number of piperazine rings is 1. The van der Waals surface area contributed by atoms with Gasteiger partial charge in [-0.2, -0.15) is 22.5 Å². The van der Waals surface area contributed by atoms with Gasteiger partial charge in [0.15, 0.2) is 0 Å². The Kier molecular flexibility index (Phi) is 2.95. The molecule has 16 heavy (non-hydrogen) atoms. The van der Waals surface area contributed by atoms with E-state index in [2.05, 4.69) is 10.3 Å². The molecule has 1 aliphatic rings. The number of nitrogens with zero attached hydrogens (tertiary/aromatic N) is 3. The van der Waals surface area contributed by atoms with Crippen molar-refractivity contribution in [3.05, 3.63) is 23.5 Å². The highest BCUT2D eigenvalue weighted by molar-refractivity contribution is 5.48. The van der Waals surface area contributed by atoms with Crippen LogP contribution < -0.4 is 10.2 Å². The summed E-state index contributed by atoms with van der Waals surface area (Å²) in [6.45, 7) is 1.22. The van der Waals surface area contributed by atoms with E-state index in [1.165, 1.54) is 4.90 Å². The number of hydrogen-bond donors (Lipinski definition) is 0. The third-order valence-corrected chi connectivity index (χ3v) is 2.35. The predicted octanol–water partition coefficient (Wildman–Crippen LogP) is 1.06. The van der Waals surface area contributed by atoms with Gasteiger partial charge in [-0.05, 0) is 0 Å². The first-order chi connectivity index (χ1) is 7.61. The lowest BCUT2D eigenvalue weighted by molar-refractivity contribution is 0.403. The molecule has 0 saturated carbocycles. The molecule has 2 heterocycles. The van der Waals surface area contributed by atoms with E-state index in [0.29, 0.717) is 13.1 Å². The molecule has 0 unspecified atom stereocenters. The van der Waals surface area contributed by atoms with Crippen LogP contribution in [0.1, 0.15) is 0 Å². The second-order valence-corrected chi connectivity index (χ2v) is 3.33. The second-order valence-electron chi connectivity index (χ2n) is 3.33. The molecule has 7 heteroatoms. The molecule has 0 aromatic carbocycles. The van der Waals surface area contributed by atoms with E-state index < -0.39 is 29.2 Å². The van der Waals surface area contributed by atoms with Crippen molar-refractivity contribution in [2.75, 3.05) is 31.1 Å². The number of aromatic nitrogens is 1. The molecule has 0 bridgehead atoms. The number of anilines is 1. The lowest BCUT2D eigenvalue weighted by Crippen LogP contribution is -2.41. The van der Waals surface area contributed by atoms with Crippen molar-refractivity contribution >= 4 is 5.69 Å². The fraction of sp³-hybridized carbons (Fsp3) is 0.444. The Morgan fingerprint density at radius 2 is 1.38 bits per heavy atom. The van der Waals surface area contributed by atoms with Crippen molar-refractivity contribution in [1.29, 1.82) is 0 Å². The van der Waals surface area contributed by atoms with Crippen molar-refractivity contribution in [3.63, 3.8) is 0 Å². The Balaban J connectivity index is 2.45. The van der Waals surface area contributed by atoms with Gasteiger partial charge < -0.3 is 4.90 Å². The lowest BCUT2D eigenvalue weighted by atomic mass is 10.2. The molecular formula is C9H8F4N3. The van der Waals surface area contributed by atoms with Gasteiger partial charge in [0.1, 0.15) is 5.69 Å². The van der Waals surface area contributed by atoms with Crippen LogP contribution in [-0.2, 0) is 0 Å². The largest absolute Gasteiger partial charge is 0.364 e. The van der Waals surface area contributed by atoms with E-state index in [-0.39, 0.29) is 13.1 Å². The topological polar surface area (TPSA) is 30.2 Å². The van der Waals surface area contributed by atoms with Crippen LogP contribution >= 0.6 is 0 Å². The molecule has 1 aromatic rings. The Morgan fingerprint density at radius 3 is 1.88 bits per heavy atom. The monoisotopic (exact) mass is 234 g/mol. The minimum Gasteiger partial charge on any atom is -0.364 e. The van der Waals surface area contributed by atoms with Crippen LogP contribution in [0.5, 0.6) is 0 Å². The maximum atomic E-state index is 13.3. The maximum absolute atomic E-state index is 13.3. The first kappa shape index (κ1) is 11.1. The third kappa shape index (κ3) is 1.82. The normalized spacial score (nSPS) is 16.6. The van der Waals surface area contributed by atoms with E-state index in [0.717, 1.165) is 0 Å². The van der Waals surface area contributed by atoms with E-state index >= 15 is 0 Å². The minimum absolute atomic E-state index is 0.233. The number of hydrogen-bond acceptors (Lipinski definition) is 2. The second kappa shape index (κ2) is 4.25. The first-order valence-electron chi connectivity index (χ1n) is 4.69. The average Bonchev–Trinajstić information content (AvgIpc) is 2.28. The highest BCUT2D eigenvalue weighted by Crippen LogP contribution is 2.26. The van der Waals surface area contributed by atoms with E-state index in [1.54, 1.807) is 0 Å². The molecular weight excluding hydrogens is 226 g/mol. The summed E-state index contributed by atoms with van der Waals surface area (Å²) < 4.78 is 52.3. The van der Waals surface area contributed by atoms with Gasteiger partial charge in [-0.3, -0.25) is 0 Å². The first-order valence-corrected chi connectivity index (χ1v) is 4.69. The number of halogens is 4. The van der Waals surface area contributed by atoms with Crippen LogP contribution in [0.4, 0.5) is 23.2 Å². The van der Waals surface area contributed by atoms with Gasteiger partial charge in [0.2, 0.25) is 11.6 Å². The summed E-state index contributed by atoms with van der Waals surface area (Å²) >= 11 is 0. The van der Waals surface area contributed by atoms with Crippen LogP contribution in [0, 0.1) is 23.5 Å². The Morgan fingerprint density at radius 1 is 0.875 bits per heavy atom. The van der Waals surface area contributed by atoms with Crippen LogP contribution in [0.25, 0.3) is 0 Å². The zero-order valence-electron chi connectivity index (χ0n) is 8.18.